The Balaban J connectivity index is 1.48. The van der Waals surface area contributed by atoms with Crippen molar-refractivity contribution in [1.29, 1.82) is 0 Å². The van der Waals surface area contributed by atoms with Crippen LogP contribution in [0.3, 0.4) is 0 Å². The molecular weight excluding hydrogens is 317 g/mol. The van der Waals surface area contributed by atoms with Gasteiger partial charge in [0.15, 0.2) is 0 Å². The predicted octanol–water partition coefficient (Wildman–Crippen LogP) is 1.63. The van der Waals surface area contributed by atoms with E-state index >= 15 is 0 Å². The van der Waals surface area contributed by atoms with Gasteiger partial charge in [-0.3, -0.25) is 4.90 Å². The second kappa shape index (κ2) is 8.90. The molecule has 0 saturated carbocycles. The van der Waals surface area contributed by atoms with Gasteiger partial charge in [-0.25, -0.2) is 4.39 Å². The van der Waals surface area contributed by atoms with Crippen LogP contribution in [-0.2, 0) is 0 Å². The van der Waals surface area contributed by atoms with Crippen molar-refractivity contribution in [2.45, 2.75) is 0 Å². The first-order valence-corrected chi connectivity index (χ1v) is 9.30. The van der Waals surface area contributed by atoms with Crippen LogP contribution in [0.25, 0.3) is 6.08 Å². The smallest absolute Gasteiger partial charge is 0.123 e. The maximum Gasteiger partial charge on any atom is 0.123 e. The van der Waals surface area contributed by atoms with E-state index in [0.717, 1.165) is 57.9 Å². The van der Waals surface area contributed by atoms with Gasteiger partial charge in [0.1, 0.15) is 5.82 Å². The van der Waals surface area contributed by atoms with E-state index in [2.05, 4.69) is 27.8 Å². The first-order valence-electron chi connectivity index (χ1n) is 9.30. The highest BCUT2D eigenvalue weighted by Crippen LogP contribution is 2.24. The van der Waals surface area contributed by atoms with Crippen molar-refractivity contribution in [3.63, 3.8) is 0 Å². The third kappa shape index (κ3) is 5.35. The van der Waals surface area contributed by atoms with Crippen molar-refractivity contribution in [3.8, 4) is 0 Å². The Morgan fingerprint density at radius 1 is 1.04 bits per heavy atom. The second-order valence-electron chi connectivity index (χ2n) is 7.48. The second-order valence-corrected chi connectivity index (χ2v) is 7.48. The minimum Gasteiger partial charge on any atom is -0.396 e. The summed E-state index contributed by atoms with van der Waals surface area (Å²) in [7, 11) is 2.18. The van der Waals surface area contributed by atoms with Crippen LogP contribution in [0.2, 0.25) is 0 Å². The molecule has 1 N–H and O–H groups in total. The predicted molar refractivity (Wildman–Crippen MR) is 99.9 cm³/mol. The molecule has 0 unspecified atom stereocenters. The quantitative estimate of drug-likeness (QED) is 0.847. The van der Waals surface area contributed by atoms with Gasteiger partial charge in [0.05, 0.1) is 0 Å². The van der Waals surface area contributed by atoms with Crippen LogP contribution in [0.1, 0.15) is 5.56 Å². The number of likely N-dealkylation sites (N-methyl/N-ethyl adjacent to an activating group) is 1. The normalized spacial score (nSPS) is 26.7. The van der Waals surface area contributed by atoms with Gasteiger partial charge in [0, 0.05) is 59.0 Å². The number of likely N-dealkylation sites (tertiary alicyclic amines) is 1. The maximum absolute atomic E-state index is 12.9. The van der Waals surface area contributed by atoms with Crippen LogP contribution in [0, 0.1) is 17.7 Å². The first kappa shape index (κ1) is 18.5. The fraction of sp³-hybridized carbons (Fsp3) is 0.600. The summed E-state index contributed by atoms with van der Waals surface area (Å²) in [5, 5.41) is 9.75. The van der Waals surface area contributed by atoms with Crippen LogP contribution in [0.4, 0.5) is 4.39 Å². The van der Waals surface area contributed by atoms with Crippen molar-refractivity contribution in [2.75, 3.05) is 66.0 Å². The number of hydrogen-bond donors (Lipinski definition) is 1. The number of benzene rings is 1. The Kier molecular flexibility index (Phi) is 6.59. The molecule has 0 aromatic heterocycles. The van der Waals surface area contributed by atoms with Gasteiger partial charge < -0.3 is 14.9 Å². The lowest BCUT2D eigenvalue weighted by atomic mass is 9.96. The SMILES string of the molecule is CN1CCN(C[C@@H]2CN(CC=Cc3ccc(F)cc3)C[C@@H]2CO)CC1. The molecule has 3 rings (SSSR count). The van der Waals surface area contributed by atoms with Gasteiger partial charge >= 0.3 is 0 Å². The number of rotatable bonds is 6. The van der Waals surface area contributed by atoms with E-state index in [9.17, 15) is 9.50 Å². The van der Waals surface area contributed by atoms with Crippen LogP contribution >= 0.6 is 0 Å². The van der Waals surface area contributed by atoms with E-state index in [1.54, 1.807) is 12.1 Å². The highest BCUT2D eigenvalue weighted by molar-refractivity contribution is 5.48. The molecule has 0 spiro atoms. The fourth-order valence-electron chi connectivity index (χ4n) is 3.87. The first-order chi connectivity index (χ1) is 12.1. The Labute approximate surface area is 150 Å². The summed E-state index contributed by atoms with van der Waals surface area (Å²) in [5.74, 6) is 0.723. The molecular formula is C20H30FN3O. The van der Waals surface area contributed by atoms with E-state index in [1.165, 1.54) is 12.1 Å². The van der Waals surface area contributed by atoms with Crippen LogP contribution in [-0.4, -0.2) is 85.8 Å². The molecule has 5 heteroatoms. The zero-order valence-electron chi connectivity index (χ0n) is 15.1. The Hall–Kier alpha value is -1.27. The molecule has 0 aliphatic carbocycles. The van der Waals surface area contributed by atoms with Crippen molar-refractivity contribution in [2.24, 2.45) is 11.8 Å². The van der Waals surface area contributed by atoms with Gasteiger partial charge in [0.25, 0.3) is 0 Å². The maximum atomic E-state index is 12.9. The molecule has 2 fully saturated rings. The molecule has 2 aliphatic heterocycles. The summed E-state index contributed by atoms with van der Waals surface area (Å²) >= 11 is 0. The molecule has 2 atom stereocenters. The van der Waals surface area contributed by atoms with Crippen LogP contribution in [0.15, 0.2) is 30.3 Å². The van der Waals surface area contributed by atoms with E-state index in [-0.39, 0.29) is 12.4 Å². The van der Waals surface area contributed by atoms with Crippen molar-refractivity contribution in [3.05, 3.63) is 41.7 Å². The van der Waals surface area contributed by atoms with E-state index in [0.29, 0.717) is 11.8 Å². The number of nitrogens with zero attached hydrogens (tertiary/aromatic N) is 3. The van der Waals surface area contributed by atoms with Crippen LogP contribution < -0.4 is 0 Å². The summed E-state index contributed by atoms with van der Waals surface area (Å²) in [6.07, 6.45) is 4.18. The van der Waals surface area contributed by atoms with Gasteiger partial charge in [-0.1, -0.05) is 24.3 Å². The minimum absolute atomic E-state index is 0.200. The number of aliphatic hydroxyl groups is 1. The van der Waals surface area contributed by atoms with E-state index in [4.69, 9.17) is 0 Å². The van der Waals surface area contributed by atoms with Gasteiger partial charge in [-0.15, -0.1) is 0 Å². The lowest BCUT2D eigenvalue weighted by molar-refractivity contribution is 0.116. The summed E-state index contributed by atoms with van der Waals surface area (Å²) in [4.78, 5) is 7.34. The molecule has 1 aromatic rings. The Morgan fingerprint density at radius 3 is 2.40 bits per heavy atom. The monoisotopic (exact) mass is 347 g/mol. The van der Waals surface area contributed by atoms with Gasteiger partial charge in [-0.2, -0.15) is 0 Å². The molecule has 0 amide bonds. The zero-order chi connectivity index (χ0) is 17.6. The summed E-state index contributed by atoms with van der Waals surface area (Å²) in [5.41, 5.74) is 1.02. The van der Waals surface area contributed by atoms with Gasteiger partial charge in [0.2, 0.25) is 0 Å². The molecule has 0 radical (unpaired) electrons. The molecule has 4 nitrogen and oxygen atoms in total. The molecule has 2 aliphatic rings. The van der Waals surface area contributed by atoms with Gasteiger partial charge in [-0.05, 0) is 36.6 Å². The van der Waals surface area contributed by atoms with E-state index < -0.39 is 0 Å². The molecule has 0 bridgehead atoms. The summed E-state index contributed by atoms with van der Waals surface area (Å²) < 4.78 is 12.9. The molecule has 2 heterocycles. The number of halogens is 1. The Bertz CT molecular complexity index is 555. The van der Waals surface area contributed by atoms with Crippen LogP contribution in [0.5, 0.6) is 0 Å². The van der Waals surface area contributed by atoms with Crippen molar-refractivity contribution >= 4 is 6.08 Å². The lowest BCUT2D eigenvalue weighted by Gasteiger charge is -2.34. The Morgan fingerprint density at radius 2 is 1.72 bits per heavy atom. The third-order valence-electron chi connectivity index (χ3n) is 5.52. The van der Waals surface area contributed by atoms with Crippen molar-refractivity contribution < 1.29 is 9.50 Å². The fourth-order valence-corrected chi connectivity index (χ4v) is 3.87. The highest BCUT2D eigenvalue weighted by atomic mass is 19.1. The topological polar surface area (TPSA) is 30.0 Å². The molecule has 25 heavy (non-hydrogen) atoms. The standard InChI is InChI=1S/C20H30FN3O/c1-22-9-11-23(12-10-22)13-18-14-24(15-19(18)16-25)8-2-3-17-4-6-20(21)7-5-17/h2-7,18-19,25H,8-16H2,1H3/t18-,19-/m1/s1. The molecule has 2 saturated heterocycles. The van der Waals surface area contributed by atoms with E-state index in [1.807, 2.05) is 6.08 Å². The number of hydrogen-bond acceptors (Lipinski definition) is 4. The minimum atomic E-state index is -0.200. The largest absolute Gasteiger partial charge is 0.396 e. The molecule has 1 aromatic carbocycles. The average Bonchev–Trinajstić information content (AvgIpc) is 3.00. The number of piperazine rings is 1. The van der Waals surface area contributed by atoms with Crippen molar-refractivity contribution in [1.82, 2.24) is 14.7 Å². The highest BCUT2D eigenvalue weighted by Gasteiger charge is 2.33. The summed E-state index contributed by atoms with van der Waals surface area (Å²) in [6, 6.07) is 6.57. The summed E-state index contributed by atoms with van der Waals surface area (Å²) in [6.45, 7) is 8.81. The number of aliphatic hydroxyl groups excluding tert-OH is 1. The third-order valence-corrected chi connectivity index (χ3v) is 5.52. The average molecular weight is 347 g/mol. The lowest BCUT2D eigenvalue weighted by Crippen LogP contribution is -2.47. The molecule has 138 valence electrons. The zero-order valence-corrected chi connectivity index (χ0v) is 15.1.